The fourth-order valence-corrected chi connectivity index (χ4v) is 5.60. The molecule has 1 unspecified atom stereocenters. The van der Waals surface area contributed by atoms with Gasteiger partial charge in [0.25, 0.3) is 0 Å². The molecule has 0 spiro atoms. The molecule has 1 heterocycles. The summed E-state index contributed by atoms with van der Waals surface area (Å²) in [6, 6.07) is 10.6. The summed E-state index contributed by atoms with van der Waals surface area (Å²) in [5.74, 6) is 1.80. The van der Waals surface area contributed by atoms with Gasteiger partial charge in [0.15, 0.2) is 0 Å². The smallest absolute Gasteiger partial charge is 0.213 e. The van der Waals surface area contributed by atoms with E-state index in [4.69, 9.17) is 14.6 Å². The molecule has 5 rings (SSSR count). The first-order valence-electron chi connectivity index (χ1n) is 12.2. The minimum Gasteiger partial charge on any atom is -0.491 e. The Kier molecular flexibility index (Phi) is 6.53. The second-order valence-electron chi connectivity index (χ2n) is 9.93. The van der Waals surface area contributed by atoms with E-state index in [1.54, 1.807) is 25.3 Å². The largest absolute Gasteiger partial charge is 0.491 e. The van der Waals surface area contributed by atoms with Crippen LogP contribution in [0.25, 0.3) is 11.1 Å². The lowest BCUT2D eigenvalue weighted by atomic mass is 9.94. The first-order valence-corrected chi connectivity index (χ1v) is 12.2. The minimum atomic E-state index is -0.937. The van der Waals surface area contributed by atoms with Crippen LogP contribution in [-0.4, -0.2) is 40.3 Å². The summed E-state index contributed by atoms with van der Waals surface area (Å²) in [4.78, 5) is 16.2. The highest BCUT2D eigenvalue weighted by Gasteiger charge is 2.58. The maximum atomic E-state index is 14.7. The van der Waals surface area contributed by atoms with Crippen LogP contribution >= 0.6 is 0 Å². The van der Waals surface area contributed by atoms with Crippen LogP contribution in [0.5, 0.6) is 11.6 Å². The lowest BCUT2D eigenvalue weighted by Gasteiger charge is -2.16. The van der Waals surface area contributed by atoms with E-state index in [0.717, 1.165) is 34.2 Å². The van der Waals surface area contributed by atoms with E-state index in [1.165, 1.54) is 11.6 Å². The molecule has 0 radical (unpaired) electrons. The summed E-state index contributed by atoms with van der Waals surface area (Å²) in [5.41, 5.74) is 6.48. The third-order valence-corrected chi connectivity index (χ3v) is 7.32. The molecule has 1 aromatic heterocycles. The van der Waals surface area contributed by atoms with Crippen LogP contribution in [0.2, 0.25) is 0 Å². The number of carbonyl (C=O) groups is 1. The van der Waals surface area contributed by atoms with E-state index in [9.17, 15) is 14.3 Å². The molecule has 4 atom stereocenters. The summed E-state index contributed by atoms with van der Waals surface area (Å²) in [6.07, 6.45) is 1.73. The number of ether oxygens (including phenoxy) is 2. The van der Waals surface area contributed by atoms with Crippen molar-refractivity contribution in [3.05, 3.63) is 76.2 Å². The summed E-state index contributed by atoms with van der Waals surface area (Å²) in [6.45, 7) is 5.25. The molecule has 0 saturated heterocycles. The van der Waals surface area contributed by atoms with Crippen molar-refractivity contribution in [2.75, 3.05) is 13.2 Å². The Morgan fingerprint density at radius 1 is 1.17 bits per heavy atom. The van der Waals surface area contributed by atoms with Gasteiger partial charge in [0, 0.05) is 23.7 Å². The molecule has 1 fully saturated rings. The third kappa shape index (κ3) is 4.61. The third-order valence-electron chi connectivity index (χ3n) is 7.32. The molecule has 0 bridgehead atoms. The fourth-order valence-electron chi connectivity index (χ4n) is 5.60. The summed E-state index contributed by atoms with van der Waals surface area (Å²) >= 11 is 0. The molecule has 6 nitrogen and oxygen atoms in total. The van der Waals surface area contributed by atoms with Gasteiger partial charge >= 0.3 is 0 Å². The number of hydrogen-bond acceptors (Lipinski definition) is 6. The highest BCUT2D eigenvalue weighted by atomic mass is 19.1. The number of nitrogens with zero attached hydrogens (tertiary/aromatic N) is 1. The molecule has 7 heteroatoms. The van der Waals surface area contributed by atoms with E-state index >= 15 is 0 Å². The number of halogens is 1. The van der Waals surface area contributed by atoms with Crippen molar-refractivity contribution in [3.63, 3.8) is 0 Å². The van der Waals surface area contributed by atoms with E-state index in [2.05, 4.69) is 4.98 Å². The molecular weight excluding hydrogens is 461 g/mol. The zero-order valence-corrected chi connectivity index (χ0v) is 20.6. The number of aromatic nitrogens is 1. The maximum Gasteiger partial charge on any atom is 0.213 e. The number of ketones is 1. The zero-order valence-electron chi connectivity index (χ0n) is 20.6. The Morgan fingerprint density at radius 3 is 2.61 bits per heavy atom. The molecule has 2 aliphatic carbocycles. The molecule has 0 amide bonds. The number of aryl methyl sites for hydroxylation is 2. The van der Waals surface area contributed by atoms with Crippen molar-refractivity contribution in [2.45, 2.75) is 45.8 Å². The van der Waals surface area contributed by atoms with E-state index < -0.39 is 6.10 Å². The Labute approximate surface area is 209 Å². The van der Waals surface area contributed by atoms with Gasteiger partial charge in [0.2, 0.25) is 5.88 Å². The van der Waals surface area contributed by atoms with Crippen molar-refractivity contribution in [1.29, 1.82) is 0 Å². The minimum absolute atomic E-state index is 0.00210. The summed E-state index contributed by atoms with van der Waals surface area (Å²) in [5, 5.41) is 18.5. The molecule has 3 aromatic rings. The van der Waals surface area contributed by atoms with Crippen LogP contribution in [0.15, 0.2) is 42.6 Å². The normalized spacial score (nSPS) is 20.4. The standard InChI is InChI=1S/C29H30FNO5/c1-15-6-22(35-14-21(34)12-32)7-16(2)27(15)18-4-5-25(30)20(8-18)13-36-26-10-19-9-23-28(17(3)33)29(23)24(19)11-31-26/h4-8,10-11,21,23,28-29,32,34H,9,12-14H2,1-3H3/t21?,23-,28-,29+/m0/s1. The highest BCUT2D eigenvalue weighted by Crippen LogP contribution is 2.61. The van der Waals surface area contributed by atoms with Crippen LogP contribution in [0.1, 0.15) is 40.7 Å². The Morgan fingerprint density at radius 2 is 1.92 bits per heavy atom. The van der Waals surface area contributed by atoms with E-state index in [-0.39, 0.29) is 37.3 Å². The van der Waals surface area contributed by atoms with E-state index in [0.29, 0.717) is 29.0 Å². The fraction of sp³-hybridized carbons (Fsp3) is 0.379. The monoisotopic (exact) mass is 491 g/mol. The SMILES string of the molecule is CC(=O)[C@H]1[C@@H]2Cc3cc(OCc4cc(-c5c(C)cc(OCC(O)CO)cc5C)ccc4F)ncc3[C@@H]21. The lowest BCUT2D eigenvalue weighted by Crippen LogP contribution is -2.21. The van der Waals surface area contributed by atoms with Gasteiger partial charge in [-0.3, -0.25) is 4.79 Å². The predicted octanol–water partition coefficient (Wildman–Crippen LogP) is 4.29. The van der Waals surface area contributed by atoms with Crippen LogP contribution in [0, 0.1) is 31.5 Å². The van der Waals surface area contributed by atoms with Gasteiger partial charge in [-0.15, -0.1) is 0 Å². The van der Waals surface area contributed by atoms with Crippen molar-refractivity contribution >= 4 is 5.78 Å². The average Bonchev–Trinajstić information content (AvgIpc) is 3.44. The number of rotatable bonds is 9. The maximum absolute atomic E-state index is 14.7. The van der Waals surface area contributed by atoms with Gasteiger partial charge in [-0.25, -0.2) is 9.37 Å². The molecule has 188 valence electrons. The topological polar surface area (TPSA) is 88.9 Å². The van der Waals surface area contributed by atoms with Crippen molar-refractivity contribution in [2.24, 2.45) is 11.8 Å². The number of fused-ring (bicyclic) bond motifs is 3. The zero-order chi connectivity index (χ0) is 25.6. The molecule has 2 N–H and O–H groups in total. The average molecular weight is 492 g/mol. The van der Waals surface area contributed by atoms with Crippen molar-refractivity contribution in [1.82, 2.24) is 4.98 Å². The quantitative estimate of drug-likeness (QED) is 0.464. The second-order valence-corrected chi connectivity index (χ2v) is 9.93. The second kappa shape index (κ2) is 9.64. The van der Waals surface area contributed by atoms with Crippen LogP contribution in [0.4, 0.5) is 4.39 Å². The van der Waals surface area contributed by atoms with Gasteiger partial charge in [0.1, 0.15) is 36.7 Å². The van der Waals surface area contributed by atoms with Gasteiger partial charge in [-0.1, -0.05) is 6.07 Å². The molecule has 2 aromatic carbocycles. The number of hydrogen-bond donors (Lipinski definition) is 2. The van der Waals surface area contributed by atoms with Crippen LogP contribution in [-0.2, 0) is 17.8 Å². The van der Waals surface area contributed by atoms with Gasteiger partial charge in [0.05, 0.1) is 6.61 Å². The lowest BCUT2D eigenvalue weighted by molar-refractivity contribution is -0.118. The number of pyridine rings is 1. The van der Waals surface area contributed by atoms with Crippen LogP contribution in [0.3, 0.4) is 0 Å². The number of aliphatic hydroxyl groups is 2. The number of benzene rings is 2. The number of aliphatic hydroxyl groups excluding tert-OH is 2. The number of Topliss-reactive ketones (excluding diaryl/α,β-unsaturated/α-hetero) is 1. The Balaban J connectivity index is 1.30. The number of carbonyl (C=O) groups excluding carboxylic acids is 1. The van der Waals surface area contributed by atoms with Crippen molar-refractivity contribution in [3.8, 4) is 22.8 Å². The van der Waals surface area contributed by atoms with Crippen LogP contribution < -0.4 is 9.47 Å². The molecular formula is C29H30FNO5. The Bertz CT molecular complexity index is 1300. The highest BCUT2D eigenvalue weighted by molar-refractivity contribution is 5.84. The first-order chi connectivity index (χ1) is 17.3. The summed E-state index contributed by atoms with van der Waals surface area (Å²) < 4.78 is 26.1. The molecule has 1 saturated carbocycles. The molecule has 0 aliphatic heterocycles. The van der Waals surface area contributed by atoms with Crippen molar-refractivity contribution < 1.29 is 28.9 Å². The van der Waals surface area contributed by atoms with Gasteiger partial charge < -0.3 is 19.7 Å². The Hall–Kier alpha value is -3.29. The molecule has 2 aliphatic rings. The van der Waals surface area contributed by atoms with Gasteiger partial charge in [-0.2, -0.15) is 0 Å². The summed E-state index contributed by atoms with van der Waals surface area (Å²) in [7, 11) is 0. The molecule has 36 heavy (non-hydrogen) atoms. The van der Waals surface area contributed by atoms with E-state index in [1.807, 2.05) is 32.0 Å². The predicted molar refractivity (Wildman–Crippen MR) is 133 cm³/mol. The first kappa shape index (κ1) is 24.4. The van der Waals surface area contributed by atoms with Gasteiger partial charge in [-0.05, 0) is 96.7 Å².